The van der Waals surface area contributed by atoms with Gasteiger partial charge in [-0.25, -0.2) is 0 Å². The summed E-state index contributed by atoms with van der Waals surface area (Å²) in [6.45, 7) is 5.28. The molecular formula is C15H20ClF3O2. The topological polar surface area (TPSA) is 26.3 Å². The highest BCUT2D eigenvalue weighted by Crippen LogP contribution is 2.42. The van der Waals surface area contributed by atoms with E-state index in [9.17, 15) is 18.0 Å². The molecule has 0 saturated heterocycles. The first-order valence-corrected chi connectivity index (χ1v) is 7.35. The number of ether oxygens (including phenoxy) is 1. The van der Waals surface area contributed by atoms with E-state index in [0.717, 1.165) is 18.6 Å². The molecular weight excluding hydrogens is 305 g/mol. The van der Waals surface area contributed by atoms with Crippen LogP contribution in [0, 0.1) is 5.92 Å². The molecule has 0 heterocycles. The Labute approximate surface area is 128 Å². The van der Waals surface area contributed by atoms with E-state index in [0.29, 0.717) is 6.42 Å². The van der Waals surface area contributed by atoms with E-state index >= 15 is 0 Å². The van der Waals surface area contributed by atoms with Crippen molar-refractivity contribution in [2.45, 2.75) is 57.2 Å². The highest BCUT2D eigenvalue weighted by Gasteiger charge is 2.45. The fraction of sp³-hybridized carbons (Fsp3) is 0.667. The molecule has 0 N–H and O–H groups in total. The number of allylic oxidation sites excluding steroid dienone is 3. The number of carbonyl (C=O) groups excluding carboxylic acids is 1. The minimum Gasteiger partial charge on any atom is -0.462 e. The van der Waals surface area contributed by atoms with Gasteiger partial charge < -0.3 is 4.74 Å². The zero-order valence-corrected chi connectivity index (χ0v) is 13.1. The number of halogens is 4. The average molecular weight is 325 g/mol. The zero-order valence-electron chi connectivity index (χ0n) is 12.3. The Kier molecular flexibility index (Phi) is 5.91. The van der Waals surface area contributed by atoms with Crippen molar-refractivity contribution < 1.29 is 22.7 Å². The van der Waals surface area contributed by atoms with Crippen molar-refractivity contribution >= 4 is 17.6 Å². The Hall–Kier alpha value is -0.970. The van der Waals surface area contributed by atoms with E-state index < -0.39 is 28.5 Å². The third kappa shape index (κ3) is 4.77. The second-order valence-corrected chi connectivity index (χ2v) is 6.15. The lowest BCUT2D eigenvalue weighted by molar-refractivity contribution is -0.151. The Bertz CT molecular complexity index is 441. The molecule has 1 aliphatic carbocycles. The monoisotopic (exact) mass is 324 g/mol. The average Bonchev–Trinajstić information content (AvgIpc) is 2.34. The molecule has 0 aliphatic heterocycles. The fourth-order valence-corrected chi connectivity index (χ4v) is 2.60. The molecule has 0 saturated carbocycles. The molecule has 1 rings (SSSR count). The molecule has 6 heteroatoms. The Morgan fingerprint density at radius 3 is 2.57 bits per heavy atom. The summed E-state index contributed by atoms with van der Waals surface area (Å²) in [5.41, 5.74) is -0.817. The molecule has 0 aromatic rings. The second-order valence-electron chi connectivity index (χ2n) is 5.45. The largest absolute Gasteiger partial charge is 0.462 e. The van der Waals surface area contributed by atoms with Crippen LogP contribution < -0.4 is 0 Å². The van der Waals surface area contributed by atoms with Crippen LogP contribution >= 0.6 is 11.6 Å². The van der Waals surface area contributed by atoms with Crippen molar-refractivity contribution in [3.05, 3.63) is 23.8 Å². The summed E-state index contributed by atoms with van der Waals surface area (Å²) in [6.07, 6.45) is -0.0660. The van der Waals surface area contributed by atoms with Gasteiger partial charge in [-0.05, 0) is 20.3 Å². The van der Waals surface area contributed by atoms with Crippen LogP contribution in [0.25, 0.3) is 0 Å². The number of rotatable bonds is 5. The lowest BCUT2D eigenvalue weighted by atomic mass is 9.81. The number of hydrogen-bond acceptors (Lipinski definition) is 2. The molecule has 21 heavy (non-hydrogen) atoms. The quantitative estimate of drug-likeness (QED) is 0.537. The number of carbonyl (C=O) groups is 1. The first-order valence-electron chi connectivity index (χ1n) is 6.98. The van der Waals surface area contributed by atoms with Gasteiger partial charge in [0.25, 0.3) is 0 Å². The molecule has 0 aromatic carbocycles. The minimum atomic E-state index is -4.48. The normalized spacial score (nSPS) is 25.9. The summed E-state index contributed by atoms with van der Waals surface area (Å²) in [5, 5.41) is 0. The molecule has 2 atom stereocenters. The maximum Gasteiger partial charge on any atom is 0.416 e. The Balaban J connectivity index is 3.07. The molecule has 0 bridgehead atoms. The summed E-state index contributed by atoms with van der Waals surface area (Å²) in [6, 6.07) is 0. The van der Waals surface area contributed by atoms with Gasteiger partial charge in [-0.15, -0.1) is 11.6 Å². The van der Waals surface area contributed by atoms with Crippen LogP contribution in [0.3, 0.4) is 0 Å². The summed E-state index contributed by atoms with van der Waals surface area (Å²) in [7, 11) is 0. The molecule has 0 fully saturated rings. The van der Waals surface area contributed by atoms with Crippen LogP contribution in [-0.2, 0) is 9.53 Å². The van der Waals surface area contributed by atoms with Gasteiger partial charge in [0.2, 0.25) is 0 Å². The second kappa shape index (κ2) is 6.86. The highest BCUT2D eigenvalue weighted by atomic mass is 35.5. The highest BCUT2D eigenvalue weighted by molar-refractivity contribution is 6.27. The molecule has 0 aromatic heterocycles. The third-order valence-electron chi connectivity index (χ3n) is 3.23. The van der Waals surface area contributed by atoms with Crippen molar-refractivity contribution in [3.8, 4) is 0 Å². The fourth-order valence-electron chi connectivity index (χ4n) is 2.19. The van der Waals surface area contributed by atoms with Gasteiger partial charge in [0, 0.05) is 0 Å². The molecule has 0 spiro atoms. The standard InChI is InChI=1S/C15H20ClF3O2/c1-4-5-8-14(16)9-11(15(17,18)19)6-7-12(14)13(20)21-10(2)3/h6-7,9-10,12H,4-5,8H2,1-3H3. The smallest absolute Gasteiger partial charge is 0.416 e. The molecule has 0 amide bonds. The van der Waals surface area contributed by atoms with Crippen LogP contribution in [0.1, 0.15) is 40.0 Å². The zero-order chi connectivity index (χ0) is 16.3. The van der Waals surface area contributed by atoms with Crippen molar-refractivity contribution in [2.24, 2.45) is 5.92 Å². The lowest BCUT2D eigenvalue weighted by Crippen LogP contribution is -2.39. The maximum atomic E-state index is 12.9. The van der Waals surface area contributed by atoms with E-state index in [2.05, 4.69) is 0 Å². The van der Waals surface area contributed by atoms with Crippen molar-refractivity contribution in [1.29, 1.82) is 0 Å². The van der Waals surface area contributed by atoms with Gasteiger partial charge >= 0.3 is 12.1 Å². The minimum absolute atomic E-state index is 0.285. The van der Waals surface area contributed by atoms with Gasteiger partial charge in [0.1, 0.15) is 0 Å². The van der Waals surface area contributed by atoms with Gasteiger partial charge in [0.05, 0.1) is 22.5 Å². The van der Waals surface area contributed by atoms with Gasteiger partial charge in [0.15, 0.2) is 0 Å². The van der Waals surface area contributed by atoms with Crippen LogP contribution in [-0.4, -0.2) is 23.1 Å². The lowest BCUT2D eigenvalue weighted by Gasteiger charge is -2.33. The van der Waals surface area contributed by atoms with Gasteiger partial charge in [-0.1, -0.05) is 38.0 Å². The SMILES string of the molecule is CCCCC1(Cl)C=C(C(F)(F)F)C=CC1C(=O)OC(C)C. The van der Waals surface area contributed by atoms with Crippen molar-refractivity contribution in [2.75, 3.05) is 0 Å². The Morgan fingerprint density at radius 2 is 2.10 bits per heavy atom. The first-order chi connectivity index (χ1) is 9.60. The van der Waals surface area contributed by atoms with Crippen LogP contribution in [0.5, 0.6) is 0 Å². The number of alkyl halides is 4. The summed E-state index contributed by atoms with van der Waals surface area (Å²) in [5.74, 6) is -1.50. The van der Waals surface area contributed by atoms with E-state index in [1.807, 2.05) is 6.92 Å². The number of hydrogen-bond donors (Lipinski definition) is 0. The van der Waals surface area contributed by atoms with Gasteiger partial charge in [-0.3, -0.25) is 4.79 Å². The van der Waals surface area contributed by atoms with E-state index in [4.69, 9.17) is 16.3 Å². The van der Waals surface area contributed by atoms with Crippen LogP contribution in [0.4, 0.5) is 13.2 Å². The number of esters is 1. The third-order valence-corrected chi connectivity index (χ3v) is 3.76. The predicted octanol–water partition coefficient (Wildman–Crippen LogP) is 4.78. The summed E-state index contributed by atoms with van der Waals surface area (Å²) >= 11 is 6.37. The number of unbranched alkanes of at least 4 members (excludes halogenated alkanes) is 1. The first kappa shape index (κ1) is 18.1. The van der Waals surface area contributed by atoms with E-state index in [1.165, 1.54) is 6.08 Å². The van der Waals surface area contributed by atoms with Crippen LogP contribution in [0.2, 0.25) is 0 Å². The summed E-state index contributed by atoms with van der Waals surface area (Å²) in [4.78, 5) is 10.7. The van der Waals surface area contributed by atoms with Crippen LogP contribution in [0.15, 0.2) is 23.8 Å². The van der Waals surface area contributed by atoms with E-state index in [1.54, 1.807) is 13.8 Å². The summed E-state index contributed by atoms with van der Waals surface area (Å²) < 4.78 is 43.7. The molecule has 2 nitrogen and oxygen atoms in total. The van der Waals surface area contributed by atoms with Gasteiger partial charge in [-0.2, -0.15) is 13.2 Å². The van der Waals surface area contributed by atoms with E-state index in [-0.39, 0.29) is 12.5 Å². The van der Waals surface area contributed by atoms with Crippen molar-refractivity contribution in [1.82, 2.24) is 0 Å². The Morgan fingerprint density at radius 1 is 1.48 bits per heavy atom. The van der Waals surface area contributed by atoms with Crippen molar-refractivity contribution in [3.63, 3.8) is 0 Å². The molecule has 120 valence electrons. The molecule has 2 unspecified atom stereocenters. The molecule has 0 radical (unpaired) electrons. The molecule has 1 aliphatic rings. The maximum absolute atomic E-state index is 12.9. The predicted molar refractivity (Wildman–Crippen MR) is 76.1 cm³/mol.